The topological polar surface area (TPSA) is 24.5 Å². The van der Waals surface area contributed by atoms with Gasteiger partial charge >= 0.3 is 0 Å². The van der Waals surface area contributed by atoms with E-state index in [1.807, 2.05) is 0 Å². The molecule has 0 bridgehead atoms. The summed E-state index contributed by atoms with van der Waals surface area (Å²) in [6, 6.07) is 0.775. The molecule has 0 aromatic rings. The van der Waals surface area contributed by atoms with Crippen LogP contribution in [0.5, 0.6) is 0 Å². The van der Waals surface area contributed by atoms with E-state index in [-0.39, 0.29) is 0 Å². The quantitative estimate of drug-likeness (QED) is 0.720. The number of rotatable bonds is 7. The van der Waals surface area contributed by atoms with Gasteiger partial charge in [0.2, 0.25) is 0 Å². The van der Waals surface area contributed by atoms with Crippen LogP contribution < -0.4 is 5.32 Å². The minimum absolute atomic E-state index is 0.358. The zero-order valence-electron chi connectivity index (χ0n) is 11.2. The Bertz CT molecular complexity index is 167. The minimum atomic E-state index is 0.358. The van der Waals surface area contributed by atoms with Crippen molar-refractivity contribution in [2.24, 2.45) is 0 Å². The molecule has 1 fully saturated rings. The van der Waals surface area contributed by atoms with Gasteiger partial charge in [-0.25, -0.2) is 0 Å². The fourth-order valence-corrected chi connectivity index (χ4v) is 2.34. The van der Waals surface area contributed by atoms with Crippen molar-refractivity contribution in [3.63, 3.8) is 0 Å². The van der Waals surface area contributed by atoms with Crippen molar-refractivity contribution in [1.29, 1.82) is 0 Å². The first-order chi connectivity index (χ1) is 7.74. The highest BCUT2D eigenvalue weighted by molar-refractivity contribution is 4.77. The molecule has 1 aliphatic rings. The first-order valence-corrected chi connectivity index (χ1v) is 6.80. The first kappa shape index (κ1) is 13.9. The van der Waals surface area contributed by atoms with Crippen LogP contribution in [0.2, 0.25) is 0 Å². The third-order valence-corrected chi connectivity index (χ3v) is 3.17. The van der Waals surface area contributed by atoms with Crippen LogP contribution in [0.3, 0.4) is 0 Å². The highest BCUT2D eigenvalue weighted by atomic mass is 16.5. The Morgan fingerprint density at radius 1 is 1.25 bits per heavy atom. The van der Waals surface area contributed by atoms with Gasteiger partial charge in [-0.05, 0) is 52.7 Å². The molecule has 3 nitrogen and oxygen atoms in total. The lowest BCUT2D eigenvalue weighted by Gasteiger charge is -2.34. The first-order valence-electron chi connectivity index (χ1n) is 6.80. The molecular weight excluding hydrogens is 200 g/mol. The summed E-state index contributed by atoms with van der Waals surface area (Å²) in [5.74, 6) is 0. The van der Waals surface area contributed by atoms with Crippen LogP contribution in [0.25, 0.3) is 0 Å². The van der Waals surface area contributed by atoms with E-state index in [4.69, 9.17) is 4.74 Å². The van der Waals surface area contributed by atoms with Crippen LogP contribution in [0.15, 0.2) is 0 Å². The van der Waals surface area contributed by atoms with Crippen molar-refractivity contribution in [1.82, 2.24) is 10.2 Å². The second-order valence-corrected chi connectivity index (χ2v) is 4.94. The molecule has 16 heavy (non-hydrogen) atoms. The molecule has 3 heteroatoms. The molecule has 96 valence electrons. The number of nitrogens with one attached hydrogen (secondary N) is 1. The minimum Gasteiger partial charge on any atom is -0.377 e. The maximum Gasteiger partial charge on any atom is 0.0597 e. The molecule has 0 saturated carbocycles. The van der Waals surface area contributed by atoms with Crippen LogP contribution in [0, 0.1) is 0 Å². The predicted octanol–water partition coefficient (Wildman–Crippen LogP) is 1.88. The Hall–Kier alpha value is -0.120. The van der Waals surface area contributed by atoms with Crippen molar-refractivity contribution in [3.8, 4) is 0 Å². The third-order valence-electron chi connectivity index (χ3n) is 3.17. The monoisotopic (exact) mass is 228 g/mol. The molecule has 0 amide bonds. The van der Waals surface area contributed by atoms with Crippen LogP contribution in [-0.2, 0) is 4.74 Å². The Balaban J connectivity index is 2.27. The number of hydrogen-bond donors (Lipinski definition) is 1. The molecule has 1 saturated heterocycles. The number of ether oxygens (including phenoxy) is 1. The van der Waals surface area contributed by atoms with Crippen LogP contribution in [0.1, 0.15) is 40.0 Å². The molecule has 0 aromatic carbocycles. The highest BCUT2D eigenvalue weighted by Crippen LogP contribution is 2.12. The van der Waals surface area contributed by atoms with E-state index in [1.165, 1.54) is 38.9 Å². The fraction of sp³-hybridized carbons (Fsp3) is 1.00. The maximum atomic E-state index is 5.65. The molecule has 0 atom stereocenters. The van der Waals surface area contributed by atoms with E-state index >= 15 is 0 Å². The second kappa shape index (κ2) is 8.04. The molecule has 0 radical (unpaired) electrons. The van der Waals surface area contributed by atoms with Crippen molar-refractivity contribution < 1.29 is 4.74 Å². The maximum absolute atomic E-state index is 5.65. The number of hydrogen-bond acceptors (Lipinski definition) is 3. The summed E-state index contributed by atoms with van der Waals surface area (Å²) >= 11 is 0. The van der Waals surface area contributed by atoms with Crippen LogP contribution in [0.4, 0.5) is 0 Å². The molecule has 1 aliphatic heterocycles. The van der Waals surface area contributed by atoms with Crippen LogP contribution in [-0.4, -0.2) is 49.8 Å². The number of piperidine rings is 1. The lowest BCUT2D eigenvalue weighted by Crippen LogP contribution is -2.44. The summed E-state index contributed by atoms with van der Waals surface area (Å²) in [7, 11) is 0. The summed E-state index contributed by atoms with van der Waals surface area (Å²) in [5.41, 5.74) is 0. The van der Waals surface area contributed by atoms with Gasteiger partial charge in [-0.1, -0.05) is 6.92 Å². The van der Waals surface area contributed by atoms with Crippen molar-refractivity contribution in [3.05, 3.63) is 0 Å². The summed E-state index contributed by atoms with van der Waals surface area (Å²) in [6.07, 6.45) is 4.19. The largest absolute Gasteiger partial charge is 0.377 e. The van der Waals surface area contributed by atoms with Crippen LogP contribution >= 0.6 is 0 Å². The van der Waals surface area contributed by atoms with Crippen molar-refractivity contribution in [2.75, 3.05) is 32.8 Å². The van der Waals surface area contributed by atoms with Gasteiger partial charge in [-0.3, -0.25) is 4.90 Å². The van der Waals surface area contributed by atoms with Gasteiger partial charge in [0, 0.05) is 12.6 Å². The normalized spacial score (nSPS) is 18.6. The van der Waals surface area contributed by atoms with Gasteiger partial charge in [0.25, 0.3) is 0 Å². The van der Waals surface area contributed by atoms with Crippen molar-refractivity contribution in [2.45, 2.75) is 52.2 Å². The lowest BCUT2D eigenvalue weighted by molar-refractivity contribution is 0.0442. The average molecular weight is 228 g/mol. The molecular formula is C13H28N2O. The molecule has 1 rings (SSSR count). The smallest absolute Gasteiger partial charge is 0.0597 e. The van der Waals surface area contributed by atoms with E-state index in [0.717, 1.165) is 19.2 Å². The predicted molar refractivity (Wildman–Crippen MR) is 68.8 cm³/mol. The summed E-state index contributed by atoms with van der Waals surface area (Å²) in [6.45, 7) is 12.0. The second-order valence-electron chi connectivity index (χ2n) is 4.94. The van der Waals surface area contributed by atoms with Gasteiger partial charge < -0.3 is 10.1 Å². The fourth-order valence-electron chi connectivity index (χ4n) is 2.34. The van der Waals surface area contributed by atoms with E-state index < -0.39 is 0 Å². The zero-order chi connectivity index (χ0) is 11.8. The Kier molecular flexibility index (Phi) is 7.01. The highest BCUT2D eigenvalue weighted by Gasteiger charge is 2.19. The SMILES string of the molecule is CCCN(CCOC(C)C)C1CCNCC1. The van der Waals surface area contributed by atoms with Gasteiger partial charge in [0.15, 0.2) is 0 Å². The zero-order valence-corrected chi connectivity index (χ0v) is 11.2. The van der Waals surface area contributed by atoms with Gasteiger partial charge in [-0.2, -0.15) is 0 Å². The molecule has 0 aromatic heterocycles. The standard InChI is InChI=1S/C13H28N2O/c1-4-9-15(10-11-16-12(2)3)13-5-7-14-8-6-13/h12-14H,4-11H2,1-3H3. The number of nitrogens with zero attached hydrogens (tertiary/aromatic N) is 1. The van der Waals surface area contributed by atoms with E-state index in [2.05, 4.69) is 31.0 Å². The summed E-state index contributed by atoms with van der Waals surface area (Å²) in [4.78, 5) is 2.61. The Morgan fingerprint density at radius 2 is 1.94 bits per heavy atom. The summed E-state index contributed by atoms with van der Waals surface area (Å²) in [5, 5.41) is 3.43. The van der Waals surface area contributed by atoms with Gasteiger partial charge in [0.05, 0.1) is 12.7 Å². The van der Waals surface area contributed by atoms with Crippen molar-refractivity contribution >= 4 is 0 Å². The average Bonchev–Trinajstić information content (AvgIpc) is 2.29. The van der Waals surface area contributed by atoms with Gasteiger partial charge in [-0.15, -0.1) is 0 Å². The molecule has 0 spiro atoms. The Labute approximate surface area is 101 Å². The molecule has 0 unspecified atom stereocenters. The third kappa shape index (κ3) is 5.28. The lowest BCUT2D eigenvalue weighted by atomic mass is 10.0. The van der Waals surface area contributed by atoms with E-state index in [0.29, 0.717) is 6.10 Å². The van der Waals surface area contributed by atoms with E-state index in [9.17, 15) is 0 Å². The molecule has 1 heterocycles. The van der Waals surface area contributed by atoms with Gasteiger partial charge in [0.1, 0.15) is 0 Å². The summed E-state index contributed by atoms with van der Waals surface area (Å²) < 4.78 is 5.65. The molecule has 1 N–H and O–H groups in total. The molecule has 0 aliphatic carbocycles. The Morgan fingerprint density at radius 3 is 2.50 bits per heavy atom. The van der Waals surface area contributed by atoms with E-state index in [1.54, 1.807) is 0 Å².